The fourth-order valence-corrected chi connectivity index (χ4v) is 2.53. The van der Waals surface area contributed by atoms with Crippen LogP contribution in [0.3, 0.4) is 0 Å². The maximum Gasteiger partial charge on any atom is 0.145 e. The van der Waals surface area contributed by atoms with Crippen molar-refractivity contribution in [2.45, 2.75) is 25.9 Å². The van der Waals surface area contributed by atoms with Crippen molar-refractivity contribution in [3.63, 3.8) is 0 Å². The molecule has 2 N–H and O–H groups in total. The Hall–Kier alpha value is -1.42. The number of benzene rings is 1. The van der Waals surface area contributed by atoms with Gasteiger partial charge in [-0.3, -0.25) is 0 Å². The summed E-state index contributed by atoms with van der Waals surface area (Å²) in [5, 5.41) is 0. The average Bonchev–Trinajstić information content (AvgIpc) is 2.26. The van der Waals surface area contributed by atoms with E-state index in [1.807, 2.05) is 12.1 Å². The highest BCUT2D eigenvalue weighted by atomic mass is 16.5. The molecule has 19 heavy (non-hydrogen) atoms. The van der Waals surface area contributed by atoms with Crippen molar-refractivity contribution in [1.82, 2.24) is 4.90 Å². The Kier molecular flexibility index (Phi) is 3.90. The number of nitrogens with two attached hydrogens (primary N) is 1. The van der Waals surface area contributed by atoms with E-state index in [-0.39, 0.29) is 5.60 Å². The summed E-state index contributed by atoms with van der Waals surface area (Å²) in [4.78, 5) is 4.62. The lowest BCUT2D eigenvalue weighted by molar-refractivity contribution is 0.105. The Balaban J connectivity index is 2.15. The van der Waals surface area contributed by atoms with Gasteiger partial charge in [0, 0.05) is 18.3 Å². The van der Waals surface area contributed by atoms with E-state index in [1.54, 1.807) is 0 Å². The van der Waals surface area contributed by atoms with Crippen molar-refractivity contribution in [3.05, 3.63) is 18.2 Å². The number of anilines is 2. The fourth-order valence-electron chi connectivity index (χ4n) is 2.53. The lowest BCUT2D eigenvalue weighted by Gasteiger charge is -2.41. The second-order valence-corrected chi connectivity index (χ2v) is 6.17. The predicted octanol–water partition coefficient (Wildman–Crippen LogP) is 2.20. The quantitative estimate of drug-likeness (QED) is 0.846. The van der Waals surface area contributed by atoms with Crippen LogP contribution in [0.4, 0.5) is 11.4 Å². The fraction of sp³-hybridized carbons (Fsp3) is 0.600. The molecule has 0 radical (unpaired) electrons. The molecule has 0 saturated carbocycles. The number of nitrogen functional groups attached to an aromatic ring is 1. The molecule has 106 valence electrons. The van der Waals surface area contributed by atoms with Crippen LogP contribution in [-0.4, -0.2) is 44.2 Å². The molecule has 0 amide bonds. The summed E-state index contributed by atoms with van der Waals surface area (Å²) in [6.45, 7) is 7.30. The molecule has 0 fully saturated rings. The number of hydrogen-bond donors (Lipinski definition) is 1. The van der Waals surface area contributed by atoms with Gasteiger partial charge in [-0.25, -0.2) is 0 Å². The highest BCUT2D eigenvalue weighted by Gasteiger charge is 2.31. The van der Waals surface area contributed by atoms with Gasteiger partial charge in [0.15, 0.2) is 0 Å². The number of hydrogen-bond acceptors (Lipinski definition) is 4. The summed E-state index contributed by atoms with van der Waals surface area (Å²) >= 11 is 0. The van der Waals surface area contributed by atoms with Gasteiger partial charge in [0.25, 0.3) is 0 Å². The zero-order valence-electron chi connectivity index (χ0n) is 12.4. The summed E-state index contributed by atoms with van der Waals surface area (Å²) in [7, 11) is 4.22. The van der Waals surface area contributed by atoms with E-state index in [1.165, 1.54) is 0 Å². The van der Waals surface area contributed by atoms with Crippen LogP contribution in [-0.2, 0) is 0 Å². The summed E-state index contributed by atoms with van der Waals surface area (Å²) in [6, 6.07) is 5.93. The second kappa shape index (κ2) is 5.29. The topological polar surface area (TPSA) is 41.7 Å². The molecule has 0 aromatic heterocycles. The van der Waals surface area contributed by atoms with E-state index < -0.39 is 0 Å². The van der Waals surface area contributed by atoms with Crippen LogP contribution in [0.5, 0.6) is 5.75 Å². The van der Waals surface area contributed by atoms with Gasteiger partial charge in [-0.2, -0.15) is 0 Å². The first-order chi connectivity index (χ1) is 8.87. The normalized spacial score (nSPS) is 17.2. The minimum atomic E-state index is -0.168. The molecule has 1 aliphatic heterocycles. The van der Waals surface area contributed by atoms with E-state index in [9.17, 15) is 0 Å². The van der Waals surface area contributed by atoms with E-state index in [0.717, 1.165) is 43.2 Å². The molecule has 0 bridgehead atoms. The Morgan fingerprint density at radius 1 is 1.37 bits per heavy atom. The Morgan fingerprint density at radius 2 is 2.11 bits per heavy atom. The van der Waals surface area contributed by atoms with Gasteiger partial charge >= 0.3 is 0 Å². The van der Waals surface area contributed by atoms with Crippen molar-refractivity contribution in [2.24, 2.45) is 0 Å². The van der Waals surface area contributed by atoms with Crippen LogP contribution in [0.1, 0.15) is 20.3 Å². The number of nitrogens with zero attached hydrogens (tertiary/aromatic N) is 2. The molecule has 1 heterocycles. The first kappa shape index (κ1) is 14.0. The third kappa shape index (κ3) is 3.53. The second-order valence-electron chi connectivity index (χ2n) is 6.17. The monoisotopic (exact) mass is 263 g/mol. The van der Waals surface area contributed by atoms with E-state index in [2.05, 4.69) is 43.8 Å². The van der Waals surface area contributed by atoms with Crippen LogP contribution < -0.4 is 15.4 Å². The first-order valence-electron chi connectivity index (χ1n) is 6.86. The van der Waals surface area contributed by atoms with Crippen LogP contribution in [0.15, 0.2) is 18.2 Å². The van der Waals surface area contributed by atoms with Gasteiger partial charge in [0.2, 0.25) is 0 Å². The minimum absolute atomic E-state index is 0.168. The average molecular weight is 263 g/mol. The molecular formula is C15H25N3O. The molecule has 0 atom stereocenters. The van der Waals surface area contributed by atoms with Gasteiger partial charge in [0.05, 0.1) is 12.2 Å². The Morgan fingerprint density at radius 3 is 2.79 bits per heavy atom. The number of ether oxygens (including phenoxy) is 1. The molecule has 0 spiro atoms. The zero-order valence-corrected chi connectivity index (χ0v) is 12.4. The highest BCUT2D eigenvalue weighted by molar-refractivity contribution is 5.65. The minimum Gasteiger partial charge on any atom is -0.484 e. The summed E-state index contributed by atoms with van der Waals surface area (Å²) in [5.41, 5.74) is 7.60. The first-order valence-corrected chi connectivity index (χ1v) is 6.86. The van der Waals surface area contributed by atoms with Gasteiger partial charge in [-0.1, -0.05) is 0 Å². The van der Waals surface area contributed by atoms with E-state index in [0.29, 0.717) is 0 Å². The van der Waals surface area contributed by atoms with Crippen LogP contribution in [0, 0.1) is 0 Å². The lowest BCUT2D eigenvalue weighted by Crippen LogP contribution is -2.47. The molecule has 4 heteroatoms. The molecule has 0 aliphatic carbocycles. The zero-order chi connectivity index (χ0) is 14.0. The van der Waals surface area contributed by atoms with Gasteiger partial charge in [0.1, 0.15) is 11.4 Å². The van der Waals surface area contributed by atoms with Crippen molar-refractivity contribution < 1.29 is 4.74 Å². The lowest BCUT2D eigenvalue weighted by atomic mass is 10.0. The molecule has 4 nitrogen and oxygen atoms in total. The molecule has 0 saturated heterocycles. The SMILES string of the molecule is CN(C)CCCN1CC(C)(C)Oc2cc(N)ccc21. The van der Waals surface area contributed by atoms with Crippen LogP contribution >= 0.6 is 0 Å². The third-order valence-electron chi connectivity index (χ3n) is 3.32. The largest absolute Gasteiger partial charge is 0.484 e. The number of rotatable bonds is 4. The predicted molar refractivity (Wildman–Crippen MR) is 80.9 cm³/mol. The Bertz CT molecular complexity index is 443. The smallest absolute Gasteiger partial charge is 0.145 e. The molecule has 1 aliphatic rings. The van der Waals surface area contributed by atoms with Crippen LogP contribution in [0.2, 0.25) is 0 Å². The summed E-state index contributed by atoms with van der Waals surface area (Å²) in [6.07, 6.45) is 1.15. The summed E-state index contributed by atoms with van der Waals surface area (Å²) in [5.74, 6) is 0.904. The number of fused-ring (bicyclic) bond motifs is 1. The van der Waals surface area contributed by atoms with E-state index in [4.69, 9.17) is 10.5 Å². The van der Waals surface area contributed by atoms with Crippen molar-refractivity contribution in [3.8, 4) is 5.75 Å². The van der Waals surface area contributed by atoms with Gasteiger partial charge in [-0.05, 0) is 53.0 Å². The van der Waals surface area contributed by atoms with Crippen molar-refractivity contribution >= 4 is 11.4 Å². The molecule has 1 aromatic carbocycles. The van der Waals surface area contributed by atoms with Crippen LogP contribution in [0.25, 0.3) is 0 Å². The third-order valence-corrected chi connectivity index (χ3v) is 3.32. The van der Waals surface area contributed by atoms with Gasteiger partial charge in [-0.15, -0.1) is 0 Å². The van der Waals surface area contributed by atoms with Crippen molar-refractivity contribution in [1.29, 1.82) is 0 Å². The molecule has 1 aromatic rings. The molecule has 2 rings (SSSR count). The molecular weight excluding hydrogens is 238 g/mol. The highest BCUT2D eigenvalue weighted by Crippen LogP contribution is 2.38. The summed E-state index contributed by atoms with van der Waals surface area (Å²) < 4.78 is 6.03. The van der Waals surface area contributed by atoms with E-state index >= 15 is 0 Å². The molecule has 0 unspecified atom stereocenters. The standard InChI is InChI=1S/C15H25N3O/c1-15(2)11-18(9-5-8-17(3)4)13-7-6-12(16)10-14(13)19-15/h6-7,10H,5,8-9,11,16H2,1-4H3. The Labute approximate surface area is 116 Å². The van der Waals surface area contributed by atoms with Gasteiger partial charge < -0.3 is 20.3 Å². The maximum atomic E-state index is 6.03. The maximum absolute atomic E-state index is 6.03. The van der Waals surface area contributed by atoms with Crippen molar-refractivity contribution in [2.75, 3.05) is 44.4 Å².